The van der Waals surface area contributed by atoms with Gasteiger partial charge in [-0.2, -0.15) is 4.31 Å². The number of hydrogen-bond acceptors (Lipinski definition) is 2. The fraction of sp³-hybridized carbons (Fsp3) is 0.250. The van der Waals surface area contributed by atoms with Gasteiger partial charge in [0.1, 0.15) is 17.5 Å². The first-order valence-corrected chi connectivity index (χ1v) is 8.52. The summed E-state index contributed by atoms with van der Waals surface area (Å²) in [6, 6.07) is 7.51. The molecule has 1 aliphatic carbocycles. The fourth-order valence-corrected chi connectivity index (χ4v) is 4.07. The van der Waals surface area contributed by atoms with Crippen LogP contribution in [0.2, 0.25) is 0 Å². The van der Waals surface area contributed by atoms with E-state index in [1.54, 1.807) is 0 Å². The molecule has 0 N–H and O–H groups in total. The van der Waals surface area contributed by atoms with Crippen LogP contribution in [0.5, 0.6) is 0 Å². The Labute approximate surface area is 132 Å². The zero-order valence-electron chi connectivity index (χ0n) is 12.0. The number of benzene rings is 2. The van der Waals surface area contributed by atoms with Crippen LogP contribution in [0, 0.1) is 17.5 Å². The lowest BCUT2D eigenvalue weighted by molar-refractivity contribution is 0.397. The Morgan fingerprint density at radius 1 is 0.913 bits per heavy atom. The van der Waals surface area contributed by atoms with Crippen molar-refractivity contribution in [3.05, 3.63) is 65.5 Å². The summed E-state index contributed by atoms with van der Waals surface area (Å²) in [5.74, 6) is -2.30. The van der Waals surface area contributed by atoms with E-state index in [0.717, 1.165) is 12.1 Å². The highest BCUT2D eigenvalue weighted by Crippen LogP contribution is 2.33. The molecule has 2 aromatic rings. The molecule has 0 bridgehead atoms. The SMILES string of the molecule is O=S(=O)(c1cc(F)cc(F)c1)N(Cc1ccc(F)cc1)C1CC1. The molecule has 0 heterocycles. The zero-order chi connectivity index (χ0) is 16.6. The van der Waals surface area contributed by atoms with Crippen molar-refractivity contribution < 1.29 is 21.6 Å². The molecule has 0 radical (unpaired) electrons. The Kier molecular flexibility index (Phi) is 4.16. The van der Waals surface area contributed by atoms with Gasteiger partial charge >= 0.3 is 0 Å². The van der Waals surface area contributed by atoms with Gasteiger partial charge in [0.15, 0.2) is 0 Å². The summed E-state index contributed by atoms with van der Waals surface area (Å²) in [5, 5.41) is 0. The van der Waals surface area contributed by atoms with Crippen molar-refractivity contribution in [2.75, 3.05) is 0 Å². The van der Waals surface area contributed by atoms with E-state index in [1.165, 1.54) is 28.6 Å². The minimum absolute atomic E-state index is 0.0331. The van der Waals surface area contributed by atoms with Crippen molar-refractivity contribution in [2.24, 2.45) is 0 Å². The van der Waals surface area contributed by atoms with E-state index >= 15 is 0 Å². The van der Waals surface area contributed by atoms with Crippen LogP contribution >= 0.6 is 0 Å². The number of sulfonamides is 1. The first kappa shape index (κ1) is 16.0. The lowest BCUT2D eigenvalue weighted by Crippen LogP contribution is -2.32. The normalized spacial score (nSPS) is 15.1. The molecule has 3 nitrogen and oxygen atoms in total. The highest BCUT2D eigenvalue weighted by molar-refractivity contribution is 7.89. The second kappa shape index (κ2) is 5.98. The standard InChI is InChI=1S/C16H14F3NO2S/c17-12-3-1-11(2-4-12)10-20(15-5-6-15)23(21,22)16-8-13(18)7-14(19)9-16/h1-4,7-9,15H,5-6,10H2. The molecular formula is C16H14F3NO2S. The molecule has 23 heavy (non-hydrogen) atoms. The molecule has 1 fully saturated rings. The van der Waals surface area contributed by atoms with Crippen LogP contribution in [0.1, 0.15) is 18.4 Å². The van der Waals surface area contributed by atoms with Crippen LogP contribution in [-0.4, -0.2) is 18.8 Å². The van der Waals surface area contributed by atoms with E-state index in [2.05, 4.69) is 0 Å². The number of halogens is 3. The molecule has 1 aliphatic rings. The van der Waals surface area contributed by atoms with E-state index in [9.17, 15) is 21.6 Å². The van der Waals surface area contributed by atoms with Gasteiger partial charge in [0.2, 0.25) is 10.0 Å². The monoisotopic (exact) mass is 341 g/mol. The Morgan fingerprint density at radius 2 is 1.48 bits per heavy atom. The molecule has 0 spiro atoms. The molecule has 0 atom stereocenters. The number of nitrogens with zero attached hydrogens (tertiary/aromatic N) is 1. The summed E-state index contributed by atoms with van der Waals surface area (Å²) in [7, 11) is -4.03. The minimum Gasteiger partial charge on any atom is -0.207 e. The van der Waals surface area contributed by atoms with Crippen molar-refractivity contribution in [3.63, 3.8) is 0 Å². The Morgan fingerprint density at radius 3 is 2.00 bits per heavy atom. The van der Waals surface area contributed by atoms with Gasteiger partial charge in [-0.15, -0.1) is 0 Å². The summed E-state index contributed by atoms with van der Waals surface area (Å²) in [5.41, 5.74) is 0.610. The van der Waals surface area contributed by atoms with Gasteiger partial charge in [0, 0.05) is 18.7 Å². The van der Waals surface area contributed by atoms with E-state index < -0.39 is 32.4 Å². The van der Waals surface area contributed by atoms with Crippen molar-refractivity contribution in [1.82, 2.24) is 4.31 Å². The fourth-order valence-electron chi connectivity index (χ4n) is 2.36. The molecule has 0 saturated heterocycles. The second-order valence-corrected chi connectivity index (χ2v) is 7.40. The Bertz CT molecular complexity index is 797. The van der Waals surface area contributed by atoms with Crippen LogP contribution in [0.3, 0.4) is 0 Å². The molecule has 0 aromatic heterocycles. The summed E-state index contributed by atoms with van der Waals surface area (Å²) in [6.07, 6.45) is 1.39. The number of hydrogen-bond donors (Lipinski definition) is 0. The maximum absolute atomic E-state index is 13.3. The topological polar surface area (TPSA) is 37.4 Å². The van der Waals surface area contributed by atoms with Gasteiger partial charge in [0.25, 0.3) is 0 Å². The van der Waals surface area contributed by atoms with E-state index in [0.29, 0.717) is 24.5 Å². The molecular weight excluding hydrogens is 327 g/mol. The van der Waals surface area contributed by atoms with Crippen molar-refractivity contribution in [3.8, 4) is 0 Å². The second-order valence-electron chi connectivity index (χ2n) is 5.51. The molecule has 1 saturated carbocycles. The predicted molar refractivity (Wildman–Crippen MR) is 78.5 cm³/mol. The van der Waals surface area contributed by atoms with Crippen LogP contribution in [0.4, 0.5) is 13.2 Å². The van der Waals surface area contributed by atoms with Crippen LogP contribution in [-0.2, 0) is 16.6 Å². The van der Waals surface area contributed by atoms with E-state index in [4.69, 9.17) is 0 Å². The van der Waals surface area contributed by atoms with E-state index in [-0.39, 0.29) is 12.6 Å². The van der Waals surface area contributed by atoms with Gasteiger partial charge in [-0.3, -0.25) is 0 Å². The van der Waals surface area contributed by atoms with Gasteiger partial charge in [0.05, 0.1) is 4.90 Å². The van der Waals surface area contributed by atoms with Crippen molar-refractivity contribution in [2.45, 2.75) is 30.3 Å². The lowest BCUT2D eigenvalue weighted by atomic mass is 10.2. The summed E-state index contributed by atoms with van der Waals surface area (Å²) in [6.45, 7) is 0.0331. The van der Waals surface area contributed by atoms with Crippen molar-refractivity contribution >= 4 is 10.0 Å². The molecule has 0 aliphatic heterocycles. The smallest absolute Gasteiger partial charge is 0.207 e. The summed E-state index contributed by atoms with van der Waals surface area (Å²) in [4.78, 5) is -0.413. The maximum atomic E-state index is 13.3. The Balaban J connectivity index is 1.94. The van der Waals surface area contributed by atoms with Crippen LogP contribution in [0.15, 0.2) is 47.4 Å². The third-order valence-electron chi connectivity index (χ3n) is 3.65. The Hall–Kier alpha value is -1.86. The predicted octanol–water partition coefficient (Wildman–Crippen LogP) is 3.46. The quantitative estimate of drug-likeness (QED) is 0.835. The third-order valence-corrected chi connectivity index (χ3v) is 5.52. The van der Waals surface area contributed by atoms with Gasteiger partial charge in [-0.1, -0.05) is 12.1 Å². The first-order chi connectivity index (χ1) is 10.9. The number of rotatable bonds is 5. The summed E-state index contributed by atoms with van der Waals surface area (Å²) >= 11 is 0. The first-order valence-electron chi connectivity index (χ1n) is 7.08. The van der Waals surface area contributed by atoms with Gasteiger partial charge in [-0.25, -0.2) is 21.6 Å². The van der Waals surface area contributed by atoms with Gasteiger partial charge in [-0.05, 0) is 42.7 Å². The average molecular weight is 341 g/mol. The highest BCUT2D eigenvalue weighted by Gasteiger charge is 2.38. The van der Waals surface area contributed by atoms with Crippen LogP contribution < -0.4 is 0 Å². The maximum Gasteiger partial charge on any atom is 0.243 e. The van der Waals surface area contributed by atoms with Gasteiger partial charge < -0.3 is 0 Å². The summed E-state index contributed by atoms with van der Waals surface area (Å²) < 4.78 is 66.3. The molecule has 0 unspecified atom stereocenters. The van der Waals surface area contributed by atoms with Crippen LogP contribution in [0.25, 0.3) is 0 Å². The van der Waals surface area contributed by atoms with Crippen molar-refractivity contribution in [1.29, 1.82) is 0 Å². The lowest BCUT2D eigenvalue weighted by Gasteiger charge is -2.22. The molecule has 2 aromatic carbocycles. The zero-order valence-corrected chi connectivity index (χ0v) is 12.9. The molecule has 122 valence electrons. The third kappa shape index (κ3) is 3.56. The molecule has 0 amide bonds. The molecule has 7 heteroatoms. The highest BCUT2D eigenvalue weighted by atomic mass is 32.2. The molecule has 3 rings (SSSR count). The average Bonchev–Trinajstić information content (AvgIpc) is 3.30. The minimum atomic E-state index is -4.03. The van der Waals surface area contributed by atoms with E-state index in [1.807, 2.05) is 0 Å². The largest absolute Gasteiger partial charge is 0.243 e.